The average Bonchev–Trinajstić information content (AvgIpc) is 2.43. The van der Waals surface area contributed by atoms with Gasteiger partial charge in [0.15, 0.2) is 0 Å². The fourth-order valence-corrected chi connectivity index (χ4v) is 3.36. The molecule has 0 heterocycles. The summed E-state index contributed by atoms with van der Waals surface area (Å²) in [6.07, 6.45) is 0. The van der Waals surface area contributed by atoms with Gasteiger partial charge in [0.1, 0.15) is 0 Å². The van der Waals surface area contributed by atoms with Gasteiger partial charge >= 0.3 is 11.9 Å². The van der Waals surface area contributed by atoms with Crippen LogP contribution in [-0.4, -0.2) is 22.2 Å². The van der Waals surface area contributed by atoms with E-state index in [1.54, 1.807) is 36.4 Å². The van der Waals surface area contributed by atoms with Gasteiger partial charge < -0.3 is 10.2 Å². The van der Waals surface area contributed by atoms with Crippen molar-refractivity contribution in [2.75, 3.05) is 0 Å². The molecule has 0 fully saturated rings. The normalized spacial score (nSPS) is 11.0. The molecule has 3 aromatic carbocycles. The predicted molar refractivity (Wildman–Crippen MR) is 90.8 cm³/mol. The number of carboxylic acids is 2. The van der Waals surface area contributed by atoms with Crippen molar-refractivity contribution in [1.82, 2.24) is 0 Å². The third-order valence-corrected chi connectivity index (χ3v) is 4.45. The summed E-state index contributed by atoms with van der Waals surface area (Å²) in [5.74, 6) is -2.18. The fraction of sp³-hybridized carbons (Fsp3) is 0. The molecule has 0 bridgehead atoms. The number of halogens is 2. The van der Waals surface area contributed by atoms with Crippen LogP contribution in [0.25, 0.3) is 21.5 Å². The highest BCUT2D eigenvalue weighted by atomic mass is 79.9. The molecule has 0 aromatic heterocycles. The topological polar surface area (TPSA) is 74.6 Å². The molecule has 0 aliphatic carbocycles. The van der Waals surface area contributed by atoms with Gasteiger partial charge in [0.2, 0.25) is 0 Å². The Morgan fingerprint density at radius 2 is 1.05 bits per heavy atom. The molecule has 110 valence electrons. The van der Waals surface area contributed by atoms with Crippen LogP contribution in [0.4, 0.5) is 0 Å². The largest absolute Gasteiger partial charge is 0.478 e. The van der Waals surface area contributed by atoms with E-state index in [4.69, 9.17) is 0 Å². The lowest BCUT2D eigenvalue weighted by molar-refractivity contribution is 0.0687. The number of carboxylic acid groups (broad SMARTS) is 2. The summed E-state index contributed by atoms with van der Waals surface area (Å²) in [4.78, 5) is 23.5. The second kappa shape index (κ2) is 5.37. The zero-order valence-electron chi connectivity index (χ0n) is 10.9. The number of rotatable bonds is 2. The number of hydrogen-bond donors (Lipinski definition) is 2. The maximum absolute atomic E-state index is 11.7. The Bertz CT molecular complexity index is 884. The number of aromatic carboxylic acids is 2. The predicted octanol–water partition coefficient (Wildman–Crippen LogP) is 4.91. The van der Waals surface area contributed by atoms with Gasteiger partial charge in [-0.25, -0.2) is 9.59 Å². The highest BCUT2D eigenvalue weighted by Crippen LogP contribution is 2.35. The average molecular weight is 424 g/mol. The van der Waals surface area contributed by atoms with E-state index in [1.807, 2.05) is 0 Å². The van der Waals surface area contributed by atoms with Crippen molar-refractivity contribution in [3.63, 3.8) is 0 Å². The second-order valence-corrected chi connectivity index (χ2v) is 6.57. The maximum Gasteiger partial charge on any atom is 0.336 e. The van der Waals surface area contributed by atoms with Crippen molar-refractivity contribution < 1.29 is 19.8 Å². The number of fused-ring (bicyclic) bond motifs is 2. The molecule has 0 saturated carbocycles. The lowest BCUT2D eigenvalue weighted by Gasteiger charge is -2.13. The minimum absolute atomic E-state index is 0.101. The van der Waals surface area contributed by atoms with Gasteiger partial charge in [0.25, 0.3) is 0 Å². The van der Waals surface area contributed by atoms with Crippen LogP contribution in [0, 0.1) is 0 Å². The van der Waals surface area contributed by atoms with Crippen molar-refractivity contribution in [3.8, 4) is 0 Å². The molecule has 0 aliphatic heterocycles. The zero-order valence-corrected chi connectivity index (χ0v) is 14.1. The van der Waals surface area contributed by atoms with E-state index in [0.717, 1.165) is 0 Å². The maximum atomic E-state index is 11.7. The lowest BCUT2D eigenvalue weighted by atomic mass is 9.92. The van der Waals surface area contributed by atoms with Gasteiger partial charge in [-0.15, -0.1) is 0 Å². The summed E-state index contributed by atoms with van der Waals surface area (Å²) in [7, 11) is 0. The van der Waals surface area contributed by atoms with E-state index in [9.17, 15) is 19.8 Å². The van der Waals surface area contributed by atoms with Gasteiger partial charge in [-0.2, -0.15) is 0 Å². The SMILES string of the molecule is O=C(O)c1c2ccc(Br)cc2c(C(=O)O)c2ccc(Br)cc12. The Labute approximate surface area is 141 Å². The first-order valence-corrected chi connectivity index (χ1v) is 7.80. The van der Waals surface area contributed by atoms with Crippen LogP contribution >= 0.6 is 31.9 Å². The van der Waals surface area contributed by atoms with Crippen LogP contribution in [0.3, 0.4) is 0 Å². The van der Waals surface area contributed by atoms with Crippen LogP contribution in [0.15, 0.2) is 45.3 Å². The first-order chi connectivity index (χ1) is 10.4. The molecule has 0 radical (unpaired) electrons. The fourth-order valence-electron chi connectivity index (χ4n) is 2.63. The molecule has 0 atom stereocenters. The van der Waals surface area contributed by atoms with E-state index >= 15 is 0 Å². The molecule has 0 saturated heterocycles. The number of hydrogen-bond acceptors (Lipinski definition) is 2. The highest BCUT2D eigenvalue weighted by Gasteiger charge is 2.21. The van der Waals surface area contributed by atoms with Crippen LogP contribution < -0.4 is 0 Å². The number of carbonyl (C=O) groups is 2. The molecule has 3 rings (SSSR count). The molecule has 0 aliphatic rings. The molecular weight excluding hydrogens is 416 g/mol. The summed E-state index contributed by atoms with van der Waals surface area (Å²) < 4.78 is 1.38. The first-order valence-electron chi connectivity index (χ1n) is 6.21. The lowest BCUT2D eigenvalue weighted by Crippen LogP contribution is -2.05. The number of benzene rings is 3. The van der Waals surface area contributed by atoms with Crippen molar-refractivity contribution in [1.29, 1.82) is 0 Å². The zero-order chi connectivity index (χ0) is 16.0. The molecule has 6 heteroatoms. The molecule has 0 amide bonds. The molecule has 0 spiro atoms. The summed E-state index contributed by atoms with van der Waals surface area (Å²) in [6, 6.07) is 9.90. The van der Waals surface area contributed by atoms with Crippen LogP contribution in [-0.2, 0) is 0 Å². The van der Waals surface area contributed by atoms with Gasteiger partial charge in [-0.3, -0.25) is 0 Å². The van der Waals surface area contributed by atoms with Crippen molar-refractivity contribution in [3.05, 3.63) is 56.5 Å². The van der Waals surface area contributed by atoms with E-state index in [1.165, 1.54) is 0 Å². The highest BCUT2D eigenvalue weighted by molar-refractivity contribution is 9.10. The summed E-state index contributed by atoms with van der Waals surface area (Å²) >= 11 is 6.61. The van der Waals surface area contributed by atoms with Gasteiger partial charge in [-0.1, -0.05) is 44.0 Å². The Kier molecular flexibility index (Phi) is 3.66. The van der Waals surface area contributed by atoms with Crippen LogP contribution in [0.1, 0.15) is 20.7 Å². The quantitative estimate of drug-likeness (QED) is 0.574. The first kappa shape index (κ1) is 15.0. The summed E-state index contributed by atoms with van der Waals surface area (Å²) in [5, 5.41) is 20.8. The van der Waals surface area contributed by atoms with Crippen LogP contribution in [0.5, 0.6) is 0 Å². The molecule has 2 N–H and O–H groups in total. The van der Waals surface area contributed by atoms with Gasteiger partial charge in [-0.05, 0) is 45.8 Å². The van der Waals surface area contributed by atoms with Crippen molar-refractivity contribution in [2.24, 2.45) is 0 Å². The summed E-state index contributed by atoms with van der Waals surface area (Å²) in [5.41, 5.74) is 0.201. The third-order valence-electron chi connectivity index (χ3n) is 3.47. The standard InChI is InChI=1S/C16H8Br2O4/c17-7-1-3-9-11(5-7)14(16(21)22)10-4-2-8(18)6-12(10)13(9)15(19)20/h1-6H,(H,19,20)(H,21,22). The molecule has 3 aromatic rings. The second-order valence-electron chi connectivity index (χ2n) is 4.74. The Morgan fingerprint density at radius 3 is 1.36 bits per heavy atom. The summed E-state index contributed by atoms with van der Waals surface area (Å²) in [6.45, 7) is 0. The molecule has 4 nitrogen and oxygen atoms in total. The van der Waals surface area contributed by atoms with E-state index in [-0.39, 0.29) is 11.1 Å². The van der Waals surface area contributed by atoms with Crippen LogP contribution in [0.2, 0.25) is 0 Å². The van der Waals surface area contributed by atoms with Crippen molar-refractivity contribution in [2.45, 2.75) is 0 Å². The Hall–Kier alpha value is -1.92. The minimum atomic E-state index is -1.09. The third kappa shape index (κ3) is 2.28. The van der Waals surface area contributed by atoms with E-state index in [2.05, 4.69) is 31.9 Å². The Balaban J connectivity index is 2.70. The monoisotopic (exact) mass is 422 g/mol. The minimum Gasteiger partial charge on any atom is -0.478 e. The van der Waals surface area contributed by atoms with Crippen molar-refractivity contribution >= 4 is 65.3 Å². The molecular formula is C16H8Br2O4. The molecule has 0 unspecified atom stereocenters. The molecule has 22 heavy (non-hydrogen) atoms. The van der Waals surface area contributed by atoms with E-state index < -0.39 is 11.9 Å². The van der Waals surface area contributed by atoms with Gasteiger partial charge in [0, 0.05) is 8.95 Å². The van der Waals surface area contributed by atoms with Gasteiger partial charge in [0.05, 0.1) is 11.1 Å². The smallest absolute Gasteiger partial charge is 0.336 e. The Morgan fingerprint density at radius 1 is 0.682 bits per heavy atom. The van der Waals surface area contributed by atoms with E-state index in [0.29, 0.717) is 30.5 Å².